The lowest BCUT2D eigenvalue weighted by Gasteiger charge is -2.39. The van der Waals surface area contributed by atoms with Gasteiger partial charge in [0.15, 0.2) is 0 Å². The summed E-state index contributed by atoms with van der Waals surface area (Å²) in [6.45, 7) is 5.57. The first-order valence-electron chi connectivity index (χ1n) is 7.21. The van der Waals surface area contributed by atoms with Crippen LogP contribution >= 0.6 is 0 Å². The van der Waals surface area contributed by atoms with E-state index in [0.29, 0.717) is 25.4 Å². The molecule has 1 amide bonds. The van der Waals surface area contributed by atoms with Crippen LogP contribution in [0.25, 0.3) is 0 Å². The van der Waals surface area contributed by atoms with Crippen LogP contribution in [0.2, 0.25) is 0 Å². The molecule has 1 saturated heterocycles. The minimum absolute atomic E-state index is 0.00353. The number of rotatable bonds is 1. The Hall–Kier alpha value is -0.610. The predicted octanol–water partition coefficient (Wildman–Crippen LogP) is 0.979. The summed E-state index contributed by atoms with van der Waals surface area (Å²) in [5.74, 6) is 0.996. The van der Waals surface area contributed by atoms with Gasteiger partial charge in [-0.25, -0.2) is 0 Å². The number of nitrogens with two attached hydrogens (primary N) is 1. The monoisotopic (exact) mass is 254 g/mol. The minimum atomic E-state index is -0.256. The van der Waals surface area contributed by atoms with Crippen molar-refractivity contribution in [2.45, 2.75) is 51.7 Å². The number of piperidine rings is 1. The smallest absolute Gasteiger partial charge is 0.227 e. The molecule has 2 aliphatic rings. The van der Waals surface area contributed by atoms with E-state index in [-0.39, 0.29) is 29.9 Å². The zero-order valence-corrected chi connectivity index (χ0v) is 11.5. The summed E-state index contributed by atoms with van der Waals surface area (Å²) in [5.41, 5.74) is 6.11. The Balaban J connectivity index is 1.98. The lowest BCUT2D eigenvalue weighted by Crippen LogP contribution is -2.51. The number of amides is 1. The summed E-state index contributed by atoms with van der Waals surface area (Å²) in [6.07, 6.45) is 3.47. The Morgan fingerprint density at radius 1 is 1.28 bits per heavy atom. The van der Waals surface area contributed by atoms with E-state index < -0.39 is 0 Å². The first kappa shape index (κ1) is 13.8. The molecule has 18 heavy (non-hydrogen) atoms. The lowest BCUT2D eigenvalue weighted by molar-refractivity contribution is -0.141. The van der Waals surface area contributed by atoms with Crippen LogP contribution < -0.4 is 5.73 Å². The second-order valence-corrected chi connectivity index (χ2v) is 6.31. The molecule has 0 aromatic carbocycles. The molecular formula is C14H26N2O2. The summed E-state index contributed by atoms with van der Waals surface area (Å²) in [5, 5.41) is 9.72. The van der Waals surface area contributed by atoms with Gasteiger partial charge < -0.3 is 15.7 Å². The van der Waals surface area contributed by atoms with Crippen molar-refractivity contribution in [2.75, 3.05) is 13.1 Å². The predicted molar refractivity (Wildman–Crippen MR) is 70.8 cm³/mol. The first-order chi connectivity index (χ1) is 8.49. The zero-order chi connectivity index (χ0) is 13.3. The normalized spacial score (nSPS) is 41.8. The summed E-state index contributed by atoms with van der Waals surface area (Å²) in [6, 6.07) is 0.0239. The molecule has 0 radical (unpaired) electrons. The van der Waals surface area contributed by atoms with Crippen molar-refractivity contribution in [3.63, 3.8) is 0 Å². The SMILES string of the molecule is CC1CCC(N)C(C(=O)N2CCC(O)C(C)C2)C1. The second-order valence-electron chi connectivity index (χ2n) is 6.31. The van der Waals surface area contributed by atoms with E-state index in [1.165, 1.54) is 0 Å². The highest BCUT2D eigenvalue weighted by atomic mass is 16.3. The van der Waals surface area contributed by atoms with E-state index in [1.807, 2.05) is 11.8 Å². The molecule has 4 heteroatoms. The number of carbonyl (C=O) groups excluding carboxylic acids is 1. The summed E-state index contributed by atoms with van der Waals surface area (Å²) in [7, 11) is 0. The van der Waals surface area contributed by atoms with Gasteiger partial charge in [0.05, 0.1) is 12.0 Å². The van der Waals surface area contributed by atoms with Gasteiger partial charge in [0.1, 0.15) is 0 Å². The Bertz CT molecular complexity index is 308. The van der Waals surface area contributed by atoms with E-state index >= 15 is 0 Å². The van der Waals surface area contributed by atoms with Crippen LogP contribution in [0.1, 0.15) is 39.5 Å². The minimum Gasteiger partial charge on any atom is -0.393 e. The Morgan fingerprint density at radius 2 is 2.00 bits per heavy atom. The van der Waals surface area contributed by atoms with Gasteiger partial charge in [-0.15, -0.1) is 0 Å². The highest BCUT2D eigenvalue weighted by molar-refractivity contribution is 5.79. The third-order valence-electron chi connectivity index (χ3n) is 4.65. The average Bonchev–Trinajstić information content (AvgIpc) is 2.35. The van der Waals surface area contributed by atoms with Crippen LogP contribution in [0.4, 0.5) is 0 Å². The number of aliphatic hydroxyl groups is 1. The van der Waals surface area contributed by atoms with Gasteiger partial charge in [-0.1, -0.05) is 13.8 Å². The van der Waals surface area contributed by atoms with Crippen LogP contribution in [0, 0.1) is 17.8 Å². The van der Waals surface area contributed by atoms with Gasteiger partial charge in [0.2, 0.25) is 5.91 Å². The van der Waals surface area contributed by atoms with Crippen LogP contribution in [-0.4, -0.2) is 41.1 Å². The van der Waals surface area contributed by atoms with Gasteiger partial charge in [-0.2, -0.15) is 0 Å². The Morgan fingerprint density at radius 3 is 2.67 bits per heavy atom. The van der Waals surface area contributed by atoms with E-state index in [9.17, 15) is 9.90 Å². The highest BCUT2D eigenvalue weighted by Gasteiger charge is 2.36. The maximum absolute atomic E-state index is 12.5. The molecule has 0 spiro atoms. The van der Waals surface area contributed by atoms with Crippen molar-refractivity contribution in [2.24, 2.45) is 23.5 Å². The zero-order valence-electron chi connectivity index (χ0n) is 11.5. The maximum atomic E-state index is 12.5. The van der Waals surface area contributed by atoms with Crippen LogP contribution in [0.15, 0.2) is 0 Å². The number of likely N-dealkylation sites (tertiary alicyclic amines) is 1. The number of nitrogens with zero attached hydrogens (tertiary/aromatic N) is 1. The highest BCUT2D eigenvalue weighted by Crippen LogP contribution is 2.30. The third-order valence-corrected chi connectivity index (χ3v) is 4.65. The Labute approximate surface area is 110 Å². The summed E-state index contributed by atoms with van der Waals surface area (Å²) < 4.78 is 0. The lowest BCUT2D eigenvalue weighted by atomic mass is 9.78. The molecule has 3 N–H and O–H groups in total. The van der Waals surface area contributed by atoms with Crippen molar-refractivity contribution in [3.05, 3.63) is 0 Å². The van der Waals surface area contributed by atoms with Gasteiger partial charge in [0, 0.05) is 19.1 Å². The van der Waals surface area contributed by atoms with Gasteiger partial charge in [-0.05, 0) is 37.5 Å². The molecular weight excluding hydrogens is 228 g/mol. The van der Waals surface area contributed by atoms with Crippen LogP contribution in [0.5, 0.6) is 0 Å². The van der Waals surface area contributed by atoms with Crippen molar-refractivity contribution in [3.8, 4) is 0 Å². The third kappa shape index (κ3) is 2.86. The van der Waals surface area contributed by atoms with E-state index in [0.717, 1.165) is 19.3 Å². The molecule has 1 saturated carbocycles. The molecule has 1 aliphatic heterocycles. The van der Waals surface area contributed by atoms with Crippen molar-refractivity contribution in [1.29, 1.82) is 0 Å². The van der Waals surface area contributed by atoms with Crippen molar-refractivity contribution < 1.29 is 9.90 Å². The second kappa shape index (κ2) is 5.57. The molecule has 1 heterocycles. The number of aliphatic hydroxyl groups excluding tert-OH is 1. The molecule has 5 unspecified atom stereocenters. The molecule has 4 nitrogen and oxygen atoms in total. The van der Waals surface area contributed by atoms with Crippen molar-refractivity contribution >= 4 is 5.91 Å². The summed E-state index contributed by atoms with van der Waals surface area (Å²) in [4.78, 5) is 14.4. The van der Waals surface area contributed by atoms with Gasteiger partial charge >= 0.3 is 0 Å². The van der Waals surface area contributed by atoms with E-state index in [4.69, 9.17) is 5.73 Å². The standard InChI is InChI=1S/C14H26N2O2/c1-9-3-4-12(15)11(7-9)14(18)16-6-5-13(17)10(2)8-16/h9-13,17H,3-8,15H2,1-2H3. The fraction of sp³-hybridized carbons (Fsp3) is 0.929. The number of hydrogen-bond acceptors (Lipinski definition) is 3. The summed E-state index contributed by atoms with van der Waals surface area (Å²) >= 11 is 0. The number of hydrogen-bond donors (Lipinski definition) is 2. The van der Waals surface area contributed by atoms with E-state index in [1.54, 1.807) is 0 Å². The molecule has 0 bridgehead atoms. The largest absolute Gasteiger partial charge is 0.393 e. The molecule has 104 valence electrons. The maximum Gasteiger partial charge on any atom is 0.227 e. The van der Waals surface area contributed by atoms with Crippen molar-refractivity contribution in [1.82, 2.24) is 4.90 Å². The number of carbonyl (C=O) groups is 1. The molecule has 2 rings (SSSR count). The quantitative estimate of drug-likeness (QED) is 0.733. The molecule has 5 atom stereocenters. The van der Waals surface area contributed by atoms with Crippen LogP contribution in [0.3, 0.4) is 0 Å². The fourth-order valence-corrected chi connectivity index (χ4v) is 3.26. The fourth-order valence-electron chi connectivity index (χ4n) is 3.26. The topological polar surface area (TPSA) is 66.6 Å². The average molecular weight is 254 g/mol. The first-order valence-corrected chi connectivity index (χ1v) is 7.21. The van der Waals surface area contributed by atoms with E-state index in [2.05, 4.69) is 6.92 Å². The molecule has 0 aromatic heterocycles. The van der Waals surface area contributed by atoms with Crippen LogP contribution in [-0.2, 0) is 4.79 Å². The molecule has 0 aromatic rings. The molecule has 2 fully saturated rings. The van der Waals surface area contributed by atoms with Gasteiger partial charge in [0.25, 0.3) is 0 Å². The Kier molecular flexibility index (Phi) is 4.28. The van der Waals surface area contributed by atoms with Gasteiger partial charge in [-0.3, -0.25) is 4.79 Å². The molecule has 1 aliphatic carbocycles.